The van der Waals surface area contributed by atoms with Crippen molar-refractivity contribution in [2.45, 2.75) is 13.0 Å². The Morgan fingerprint density at radius 2 is 1.72 bits per heavy atom. The maximum absolute atomic E-state index is 13.5. The first-order valence-corrected chi connectivity index (χ1v) is 12.7. The van der Waals surface area contributed by atoms with Gasteiger partial charge in [0.25, 0.3) is 5.91 Å². The first kappa shape index (κ1) is 22.6. The van der Waals surface area contributed by atoms with Crippen molar-refractivity contribution < 1.29 is 14.3 Å². The third-order valence-corrected chi connectivity index (χ3v) is 7.52. The third-order valence-electron chi connectivity index (χ3n) is 6.19. The molecule has 1 aromatic heterocycles. The van der Waals surface area contributed by atoms with E-state index in [0.717, 1.165) is 28.1 Å². The molecule has 0 N–H and O–H groups in total. The van der Waals surface area contributed by atoms with Crippen LogP contribution in [0.3, 0.4) is 0 Å². The quantitative estimate of drug-likeness (QED) is 0.234. The van der Waals surface area contributed by atoms with Crippen molar-refractivity contribution in [2.24, 2.45) is 0 Å². The van der Waals surface area contributed by atoms with Crippen LogP contribution in [0.1, 0.15) is 24.1 Å². The molecule has 3 heterocycles. The third kappa shape index (κ3) is 4.08. The predicted molar refractivity (Wildman–Crippen MR) is 145 cm³/mol. The second kappa shape index (κ2) is 9.29. The first-order valence-electron chi connectivity index (χ1n) is 11.5. The molecule has 0 aliphatic carbocycles. The van der Waals surface area contributed by atoms with Crippen LogP contribution >= 0.6 is 24.0 Å². The Labute approximate surface area is 218 Å². The number of thiocarbonyl (C=S) groups is 1. The molecule has 1 atom stereocenters. The number of benzene rings is 3. The highest BCUT2D eigenvalue weighted by Crippen LogP contribution is 2.40. The Morgan fingerprint density at radius 1 is 1.00 bits per heavy atom. The summed E-state index contributed by atoms with van der Waals surface area (Å²) in [6.07, 6.45) is 3.81. The normalized spacial score (nSPS) is 16.7. The minimum absolute atomic E-state index is 0.106. The summed E-state index contributed by atoms with van der Waals surface area (Å²) in [7, 11) is 0. The van der Waals surface area contributed by atoms with Gasteiger partial charge in [-0.15, -0.1) is 0 Å². The lowest BCUT2D eigenvalue weighted by atomic mass is 10.1. The van der Waals surface area contributed by atoms with Gasteiger partial charge in [0, 0.05) is 17.3 Å². The standard InChI is InChI=1S/C28H21N3O3S2/c1-18(19-8-4-2-5-9-19)31-27(32)25(36-28(31)35)15-21-16-30(22-10-6-3-7-11-22)29-26(21)20-12-13-23-24(14-20)34-17-33-23/h2-16,18H,17H2,1H3/b25-15-. The van der Waals surface area contributed by atoms with Crippen LogP contribution < -0.4 is 9.47 Å². The number of para-hydroxylation sites is 1. The summed E-state index contributed by atoms with van der Waals surface area (Å²) < 4.78 is 13.4. The van der Waals surface area contributed by atoms with Crippen LogP contribution in [-0.4, -0.2) is 31.7 Å². The molecule has 0 radical (unpaired) electrons. The van der Waals surface area contributed by atoms with E-state index in [4.69, 9.17) is 26.8 Å². The van der Waals surface area contributed by atoms with Gasteiger partial charge in [0.1, 0.15) is 10.0 Å². The second-order valence-electron chi connectivity index (χ2n) is 8.42. The molecule has 2 aliphatic heterocycles. The Morgan fingerprint density at radius 3 is 2.50 bits per heavy atom. The van der Waals surface area contributed by atoms with E-state index in [1.807, 2.05) is 103 Å². The van der Waals surface area contributed by atoms with Gasteiger partial charge in [-0.05, 0) is 48.9 Å². The molecule has 36 heavy (non-hydrogen) atoms. The smallest absolute Gasteiger partial charge is 0.266 e. The van der Waals surface area contributed by atoms with E-state index < -0.39 is 0 Å². The van der Waals surface area contributed by atoms with E-state index in [1.165, 1.54) is 11.8 Å². The topological polar surface area (TPSA) is 56.6 Å². The van der Waals surface area contributed by atoms with Crippen LogP contribution in [0, 0.1) is 0 Å². The largest absolute Gasteiger partial charge is 0.454 e. The molecule has 3 aromatic carbocycles. The van der Waals surface area contributed by atoms with Crippen molar-refractivity contribution >= 4 is 40.3 Å². The monoisotopic (exact) mass is 511 g/mol. The molecule has 1 unspecified atom stereocenters. The van der Waals surface area contributed by atoms with Crippen LogP contribution in [0.2, 0.25) is 0 Å². The van der Waals surface area contributed by atoms with Crippen molar-refractivity contribution in [2.75, 3.05) is 6.79 Å². The van der Waals surface area contributed by atoms with Crippen molar-refractivity contribution in [1.82, 2.24) is 14.7 Å². The lowest BCUT2D eigenvalue weighted by molar-refractivity contribution is -0.123. The zero-order valence-electron chi connectivity index (χ0n) is 19.3. The van der Waals surface area contributed by atoms with Gasteiger partial charge < -0.3 is 9.47 Å². The van der Waals surface area contributed by atoms with Crippen molar-refractivity contribution in [1.29, 1.82) is 0 Å². The Bertz CT molecular complexity index is 1500. The number of hydrogen-bond donors (Lipinski definition) is 0. The molecule has 4 aromatic rings. The number of nitrogens with zero attached hydrogens (tertiary/aromatic N) is 3. The van der Waals surface area contributed by atoms with E-state index in [2.05, 4.69) is 0 Å². The van der Waals surface area contributed by atoms with Gasteiger partial charge in [0.2, 0.25) is 6.79 Å². The first-order chi connectivity index (χ1) is 17.6. The number of fused-ring (bicyclic) bond motifs is 1. The molecule has 0 bridgehead atoms. The van der Waals surface area contributed by atoms with Crippen LogP contribution in [0.5, 0.6) is 11.5 Å². The molecule has 0 spiro atoms. The number of carbonyl (C=O) groups is 1. The number of thioether (sulfide) groups is 1. The highest BCUT2D eigenvalue weighted by molar-refractivity contribution is 8.26. The van der Waals surface area contributed by atoms with Crippen molar-refractivity contribution in [3.8, 4) is 28.4 Å². The number of carbonyl (C=O) groups excluding carboxylic acids is 1. The van der Waals surface area contributed by atoms with E-state index in [0.29, 0.717) is 20.7 Å². The van der Waals surface area contributed by atoms with Crippen molar-refractivity contribution in [3.63, 3.8) is 0 Å². The highest BCUT2D eigenvalue weighted by Gasteiger charge is 2.36. The number of ether oxygens (including phenoxy) is 2. The molecular weight excluding hydrogens is 490 g/mol. The van der Waals surface area contributed by atoms with Gasteiger partial charge in [0.05, 0.1) is 16.6 Å². The van der Waals surface area contributed by atoms with Crippen LogP contribution in [0.25, 0.3) is 23.0 Å². The van der Waals surface area contributed by atoms with Gasteiger partial charge >= 0.3 is 0 Å². The SMILES string of the molecule is CC(c1ccccc1)N1C(=O)/C(=C/c2cn(-c3ccccc3)nc2-c2ccc3c(c2)OCO3)SC1=S. The summed E-state index contributed by atoms with van der Waals surface area (Å²) >= 11 is 6.94. The maximum Gasteiger partial charge on any atom is 0.266 e. The Hall–Kier alpha value is -3.88. The predicted octanol–water partition coefficient (Wildman–Crippen LogP) is 6.23. The molecule has 1 fully saturated rings. The van der Waals surface area contributed by atoms with E-state index in [9.17, 15) is 4.79 Å². The molecule has 8 heteroatoms. The van der Waals surface area contributed by atoms with Gasteiger partial charge in [-0.3, -0.25) is 9.69 Å². The van der Waals surface area contributed by atoms with Gasteiger partial charge in [-0.25, -0.2) is 4.68 Å². The Balaban J connectivity index is 1.40. The van der Waals surface area contributed by atoms with E-state index in [-0.39, 0.29) is 18.7 Å². The van der Waals surface area contributed by atoms with E-state index in [1.54, 1.807) is 4.90 Å². The zero-order valence-corrected chi connectivity index (χ0v) is 21.0. The summed E-state index contributed by atoms with van der Waals surface area (Å²) in [4.78, 5) is 15.7. The van der Waals surface area contributed by atoms with E-state index >= 15 is 0 Å². The number of hydrogen-bond acceptors (Lipinski definition) is 6. The summed E-state index contributed by atoms with van der Waals surface area (Å²) in [6, 6.07) is 25.4. The molecule has 1 saturated heterocycles. The highest BCUT2D eigenvalue weighted by atomic mass is 32.2. The fourth-order valence-electron chi connectivity index (χ4n) is 4.31. The van der Waals surface area contributed by atoms with Crippen LogP contribution in [0.4, 0.5) is 0 Å². The molecule has 2 aliphatic rings. The molecule has 6 nitrogen and oxygen atoms in total. The lowest BCUT2D eigenvalue weighted by Gasteiger charge is -2.23. The van der Waals surface area contributed by atoms with Gasteiger partial charge in [-0.1, -0.05) is 72.5 Å². The van der Waals surface area contributed by atoms with Crippen LogP contribution in [-0.2, 0) is 4.79 Å². The molecule has 178 valence electrons. The maximum atomic E-state index is 13.5. The van der Waals surface area contributed by atoms with Gasteiger partial charge in [-0.2, -0.15) is 5.10 Å². The second-order valence-corrected chi connectivity index (χ2v) is 10.1. The summed E-state index contributed by atoms with van der Waals surface area (Å²) in [5.74, 6) is 1.28. The summed E-state index contributed by atoms with van der Waals surface area (Å²) in [5.41, 5.74) is 4.37. The average Bonchev–Trinajstić information content (AvgIpc) is 3.62. The number of rotatable bonds is 5. The zero-order chi connectivity index (χ0) is 24.6. The molecular formula is C28H21N3O3S2. The van der Waals surface area contributed by atoms with Crippen LogP contribution in [0.15, 0.2) is 90.0 Å². The number of aromatic nitrogens is 2. The molecule has 0 saturated carbocycles. The van der Waals surface area contributed by atoms with Gasteiger partial charge in [0.15, 0.2) is 11.5 Å². The Kier molecular flexibility index (Phi) is 5.83. The number of amides is 1. The molecule has 1 amide bonds. The minimum atomic E-state index is -0.162. The summed E-state index contributed by atoms with van der Waals surface area (Å²) in [6.45, 7) is 2.20. The fourth-order valence-corrected chi connectivity index (χ4v) is 5.72. The molecule has 6 rings (SSSR count). The average molecular weight is 512 g/mol. The fraction of sp³-hybridized carbons (Fsp3) is 0.107. The summed E-state index contributed by atoms with van der Waals surface area (Å²) in [5, 5.41) is 4.87. The minimum Gasteiger partial charge on any atom is -0.454 e. The lowest BCUT2D eigenvalue weighted by Crippen LogP contribution is -2.30. The van der Waals surface area contributed by atoms with Crippen molar-refractivity contribution in [3.05, 3.63) is 101 Å².